The molecule has 1 aromatic rings. The lowest BCUT2D eigenvalue weighted by Crippen LogP contribution is -2.37. The number of unbranched alkanes of at least 4 members (excludes halogenated alkanes) is 19. The zero-order chi connectivity index (χ0) is 23.8. The SMILES string of the molecule is CCCCCCCCCCCCc1n(CCCCCCCCC)cc[n+]1CCCCCCC. The van der Waals surface area contributed by atoms with Crippen molar-refractivity contribution in [3.8, 4) is 0 Å². The van der Waals surface area contributed by atoms with Crippen LogP contribution in [0.25, 0.3) is 0 Å². The van der Waals surface area contributed by atoms with Crippen LogP contribution in [0.5, 0.6) is 0 Å². The van der Waals surface area contributed by atoms with E-state index in [1.54, 1.807) is 5.82 Å². The summed E-state index contributed by atoms with van der Waals surface area (Å²) in [6.07, 6.45) is 37.0. The van der Waals surface area contributed by atoms with Crippen LogP contribution in [0.2, 0.25) is 0 Å². The Kier molecular flexibility index (Phi) is 21.1. The van der Waals surface area contributed by atoms with E-state index >= 15 is 0 Å². The van der Waals surface area contributed by atoms with Gasteiger partial charge in [-0.05, 0) is 32.1 Å². The molecular formula is C31H61N2+. The van der Waals surface area contributed by atoms with Crippen molar-refractivity contribution in [1.82, 2.24) is 4.57 Å². The van der Waals surface area contributed by atoms with E-state index in [4.69, 9.17) is 0 Å². The van der Waals surface area contributed by atoms with E-state index < -0.39 is 0 Å². The quantitative estimate of drug-likeness (QED) is 0.101. The Balaban J connectivity index is 2.35. The van der Waals surface area contributed by atoms with Crippen molar-refractivity contribution >= 4 is 0 Å². The van der Waals surface area contributed by atoms with Gasteiger partial charge in [-0.1, -0.05) is 130 Å². The van der Waals surface area contributed by atoms with Crippen LogP contribution in [0.4, 0.5) is 0 Å². The summed E-state index contributed by atoms with van der Waals surface area (Å²) in [7, 11) is 0. The minimum atomic E-state index is 1.22. The molecule has 194 valence electrons. The summed E-state index contributed by atoms with van der Waals surface area (Å²) in [6, 6.07) is 0. The molecule has 1 rings (SSSR count). The molecule has 0 spiro atoms. The number of nitrogens with zero attached hydrogens (tertiary/aromatic N) is 2. The van der Waals surface area contributed by atoms with E-state index in [1.807, 2.05) is 0 Å². The molecule has 0 aliphatic carbocycles. The largest absolute Gasteiger partial charge is 0.256 e. The summed E-state index contributed by atoms with van der Waals surface area (Å²) in [5.41, 5.74) is 0. The number of aromatic nitrogens is 2. The van der Waals surface area contributed by atoms with Gasteiger partial charge in [0.15, 0.2) is 0 Å². The number of rotatable bonds is 25. The minimum Gasteiger partial charge on any atom is -0.234 e. The highest BCUT2D eigenvalue weighted by Crippen LogP contribution is 2.13. The summed E-state index contributed by atoms with van der Waals surface area (Å²) in [6.45, 7) is 9.37. The number of hydrogen-bond acceptors (Lipinski definition) is 0. The number of imidazole rings is 1. The fourth-order valence-corrected chi connectivity index (χ4v) is 5.09. The van der Waals surface area contributed by atoms with Gasteiger partial charge in [0.1, 0.15) is 12.4 Å². The normalized spacial score (nSPS) is 11.5. The zero-order valence-electron chi connectivity index (χ0n) is 23.2. The molecular weight excluding hydrogens is 400 g/mol. The second-order valence-electron chi connectivity index (χ2n) is 10.6. The second-order valence-corrected chi connectivity index (χ2v) is 10.6. The number of aryl methyl sites for hydroxylation is 2. The molecule has 1 aromatic heterocycles. The maximum Gasteiger partial charge on any atom is 0.256 e. The topological polar surface area (TPSA) is 8.81 Å². The monoisotopic (exact) mass is 461 g/mol. The lowest BCUT2D eigenvalue weighted by molar-refractivity contribution is -0.704. The fourth-order valence-electron chi connectivity index (χ4n) is 5.09. The third kappa shape index (κ3) is 16.5. The van der Waals surface area contributed by atoms with Gasteiger partial charge in [-0.25, -0.2) is 9.13 Å². The van der Waals surface area contributed by atoms with Crippen molar-refractivity contribution in [3.05, 3.63) is 18.2 Å². The van der Waals surface area contributed by atoms with Crippen molar-refractivity contribution in [1.29, 1.82) is 0 Å². The first-order valence-corrected chi connectivity index (χ1v) is 15.4. The van der Waals surface area contributed by atoms with E-state index in [1.165, 1.54) is 161 Å². The Bertz CT molecular complexity index is 519. The molecule has 2 nitrogen and oxygen atoms in total. The lowest BCUT2D eigenvalue weighted by Gasteiger charge is -2.07. The molecule has 0 bridgehead atoms. The predicted octanol–water partition coefficient (Wildman–Crippen LogP) is 9.96. The van der Waals surface area contributed by atoms with E-state index in [9.17, 15) is 0 Å². The van der Waals surface area contributed by atoms with Gasteiger partial charge in [-0.2, -0.15) is 0 Å². The van der Waals surface area contributed by atoms with Crippen LogP contribution >= 0.6 is 0 Å². The van der Waals surface area contributed by atoms with Gasteiger partial charge in [0.05, 0.1) is 13.1 Å². The Morgan fingerprint density at radius 2 is 0.939 bits per heavy atom. The highest BCUT2D eigenvalue weighted by atomic mass is 15.1. The van der Waals surface area contributed by atoms with Crippen LogP contribution in [0.1, 0.15) is 168 Å². The summed E-state index contributed by atoms with van der Waals surface area (Å²) in [4.78, 5) is 0. The van der Waals surface area contributed by atoms with Crippen molar-refractivity contribution in [2.45, 2.75) is 182 Å². The molecule has 0 atom stereocenters. The average molecular weight is 462 g/mol. The smallest absolute Gasteiger partial charge is 0.234 e. The van der Waals surface area contributed by atoms with Crippen LogP contribution < -0.4 is 4.57 Å². The van der Waals surface area contributed by atoms with Gasteiger partial charge < -0.3 is 0 Å². The highest BCUT2D eigenvalue weighted by molar-refractivity contribution is 4.84. The zero-order valence-corrected chi connectivity index (χ0v) is 23.2. The van der Waals surface area contributed by atoms with Crippen LogP contribution in [-0.4, -0.2) is 4.57 Å². The van der Waals surface area contributed by atoms with Crippen molar-refractivity contribution in [3.63, 3.8) is 0 Å². The standard InChI is InChI=1S/C31H61N2/c1-4-7-10-13-15-16-17-18-20-23-26-31-32(27-24-21-12-9-6-3)29-30-33(31)28-25-22-19-14-11-8-5-2/h29-30H,4-28H2,1-3H3/q+1. The van der Waals surface area contributed by atoms with E-state index in [-0.39, 0.29) is 0 Å². The molecule has 0 unspecified atom stereocenters. The highest BCUT2D eigenvalue weighted by Gasteiger charge is 2.16. The van der Waals surface area contributed by atoms with E-state index in [0.717, 1.165) is 0 Å². The third-order valence-electron chi connectivity index (χ3n) is 7.35. The molecule has 0 aliphatic rings. The Hall–Kier alpha value is -0.790. The molecule has 0 aliphatic heterocycles. The van der Waals surface area contributed by atoms with E-state index in [2.05, 4.69) is 42.3 Å². The van der Waals surface area contributed by atoms with Gasteiger partial charge in [0.2, 0.25) is 0 Å². The minimum absolute atomic E-state index is 1.22. The maximum atomic E-state index is 2.60. The van der Waals surface area contributed by atoms with Gasteiger partial charge in [0.25, 0.3) is 5.82 Å². The predicted molar refractivity (Wildman–Crippen MR) is 147 cm³/mol. The number of hydrogen-bond donors (Lipinski definition) is 0. The molecule has 1 heterocycles. The summed E-state index contributed by atoms with van der Waals surface area (Å²) < 4.78 is 5.20. The first-order chi connectivity index (χ1) is 16.3. The Morgan fingerprint density at radius 3 is 1.45 bits per heavy atom. The first kappa shape index (κ1) is 30.2. The van der Waals surface area contributed by atoms with Crippen LogP contribution in [0, 0.1) is 0 Å². The van der Waals surface area contributed by atoms with Crippen molar-refractivity contribution < 1.29 is 4.57 Å². The molecule has 0 N–H and O–H groups in total. The van der Waals surface area contributed by atoms with Crippen molar-refractivity contribution in [2.24, 2.45) is 0 Å². The van der Waals surface area contributed by atoms with Gasteiger partial charge >= 0.3 is 0 Å². The fraction of sp³-hybridized carbons (Fsp3) is 0.903. The Morgan fingerprint density at radius 1 is 0.515 bits per heavy atom. The summed E-state index contributed by atoms with van der Waals surface area (Å²) in [5.74, 6) is 1.61. The van der Waals surface area contributed by atoms with Gasteiger partial charge in [0, 0.05) is 6.42 Å². The summed E-state index contributed by atoms with van der Waals surface area (Å²) >= 11 is 0. The molecule has 0 aromatic carbocycles. The molecule has 0 saturated carbocycles. The maximum absolute atomic E-state index is 2.60. The van der Waals surface area contributed by atoms with Crippen LogP contribution in [0.3, 0.4) is 0 Å². The molecule has 0 amide bonds. The average Bonchev–Trinajstić information content (AvgIpc) is 3.21. The Labute approximate surface area is 208 Å². The van der Waals surface area contributed by atoms with Gasteiger partial charge in [-0.15, -0.1) is 0 Å². The first-order valence-electron chi connectivity index (χ1n) is 15.4. The van der Waals surface area contributed by atoms with Crippen LogP contribution in [0.15, 0.2) is 12.4 Å². The third-order valence-corrected chi connectivity index (χ3v) is 7.35. The van der Waals surface area contributed by atoms with E-state index in [0.29, 0.717) is 0 Å². The molecule has 33 heavy (non-hydrogen) atoms. The van der Waals surface area contributed by atoms with Crippen LogP contribution in [-0.2, 0) is 19.5 Å². The van der Waals surface area contributed by atoms with Gasteiger partial charge in [-0.3, -0.25) is 0 Å². The molecule has 0 saturated heterocycles. The second kappa shape index (κ2) is 23.0. The lowest BCUT2D eigenvalue weighted by atomic mass is 10.1. The molecule has 2 heteroatoms. The van der Waals surface area contributed by atoms with Crippen molar-refractivity contribution in [2.75, 3.05) is 0 Å². The summed E-state index contributed by atoms with van der Waals surface area (Å²) in [5, 5.41) is 0. The molecule has 0 radical (unpaired) electrons. The molecule has 0 fully saturated rings.